The van der Waals surface area contributed by atoms with Crippen LogP contribution in [0.3, 0.4) is 0 Å². The number of hydrogen-bond acceptors (Lipinski definition) is 3. The molecule has 2 aromatic carbocycles. The lowest BCUT2D eigenvalue weighted by molar-refractivity contribution is 0.0852. The Balaban J connectivity index is 1.74. The van der Waals surface area contributed by atoms with Crippen molar-refractivity contribution in [2.45, 2.75) is 19.1 Å². The summed E-state index contributed by atoms with van der Waals surface area (Å²) >= 11 is 0. The van der Waals surface area contributed by atoms with Crippen LogP contribution in [0.4, 0.5) is 4.39 Å². The minimum Gasteiger partial charge on any atom is -0.386 e. The maximum Gasteiger partial charge on any atom is 0.255 e. The summed E-state index contributed by atoms with van der Waals surface area (Å²) in [6.07, 6.45) is 0.505. The molecule has 25 heavy (non-hydrogen) atoms. The third kappa shape index (κ3) is 3.75. The fourth-order valence-corrected chi connectivity index (χ4v) is 2.60. The number of amides is 1. The Hall–Kier alpha value is -2.99. The molecule has 2 unspecified atom stereocenters. The molecule has 0 saturated carbocycles. The summed E-state index contributed by atoms with van der Waals surface area (Å²) in [6, 6.07) is 14.4. The lowest BCUT2D eigenvalue weighted by atomic mass is 10.0. The summed E-state index contributed by atoms with van der Waals surface area (Å²) in [6.45, 7) is 1.69. The number of aromatic amines is 1. The number of nitrogens with zero attached hydrogens (tertiary/aromatic N) is 1. The van der Waals surface area contributed by atoms with E-state index in [1.54, 1.807) is 6.92 Å². The number of H-pyrrole nitrogens is 1. The minimum atomic E-state index is -0.948. The first-order valence-electron chi connectivity index (χ1n) is 7.89. The largest absolute Gasteiger partial charge is 0.386 e. The average Bonchev–Trinajstić information content (AvgIpc) is 3.12. The second-order valence-corrected chi connectivity index (χ2v) is 5.78. The van der Waals surface area contributed by atoms with Crippen molar-refractivity contribution < 1.29 is 14.3 Å². The van der Waals surface area contributed by atoms with E-state index < -0.39 is 12.1 Å². The fourth-order valence-electron chi connectivity index (χ4n) is 2.60. The van der Waals surface area contributed by atoms with Crippen LogP contribution in [-0.2, 0) is 0 Å². The van der Waals surface area contributed by atoms with Gasteiger partial charge in [-0.05, 0) is 24.6 Å². The van der Waals surface area contributed by atoms with Gasteiger partial charge in [-0.2, -0.15) is 5.10 Å². The van der Waals surface area contributed by atoms with Gasteiger partial charge in [0.15, 0.2) is 0 Å². The predicted molar refractivity (Wildman–Crippen MR) is 92.3 cm³/mol. The first-order chi connectivity index (χ1) is 12.1. The molecule has 0 radical (unpaired) electrons. The molecule has 5 nitrogen and oxygen atoms in total. The first kappa shape index (κ1) is 16.9. The minimum absolute atomic E-state index is 0.346. The van der Waals surface area contributed by atoms with Crippen LogP contribution in [0.15, 0.2) is 60.8 Å². The molecular formula is C19H18FN3O2. The van der Waals surface area contributed by atoms with Crippen LogP contribution in [0.5, 0.6) is 0 Å². The van der Waals surface area contributed by atoms with Gasteiger partial charge in [-0.25, -0.2) is 4.39 Å². The second kappa shape index (κ2) is 7.27. The van der Waals surface area contributed by atoms with Gasteiger partial charge in [-0.15, -0.1) is 0 Å². The molecule has 3 N–H and O–H groups in total. The zero-order valence-corrected chi connectivity index (χ0v) is 13.6. The standard InChI is InChI=1S/C19H18FN3O2/c1-12(18(24)14-7-9-15(20)10-8-14)22-19(25)16-11-21-23-17(16)13-5-3-2-4-6-13/h2-12,18,24H,1H3,(H,21,23)(H,22,25). The highest BCUT2D eigenvalue weighted by atomic mass is 19.1. The van der Waals surface area contributed by atoms with Gasteiger partial charge in [0.25, 0.3) is 5.91 Å². The molecule has 128 valence electrons. The number of rotatable bonds is 5. The molecule has 1 heterocycles. The fraction of sp³-hybridized carbons (Fsp3) is 0.158. The van der Waals surface area contributed by atoms with E-state index in [0.717, 1.165) is 5.56 Å². The van der Waals surface area contributed by atoms with Gasteiger partial charge in [0.2, 0.25) is 0 Å². The molecule has 0 aliphatic heterocycles. The Kier molecular flexibility index (Phi) is 4.90. The summed E-state index contributed by atoms with van der Waals surface area (Å²) in [4.78, 5) is 12.6. The number of hydrogen-bond donors (Lipinski definition) is 3. The van der Waals surface area contributed by atoms with E-state index in [1.165, 1.54) is 30.5 Å². The Morgan fingerprint density at radius 2 is 1.84 bits per heavy atom. The summed E-state index contributed by atoms with van der Waals surface area (Å²) in [5.74, 6) is -0.722. The third-order valence-corrected chi connectivity index (χ3v) is 3.99. The second-order valence-electron chi connectivity index (χ2n) is 5.78. The Morgan fingerprint density at radius 1 is 1.16 bits per heavy atom. The number of aliphatic hydroxyl groups is 1. The van der Waals surface area contributed by atoms with E-state index in [-0.39, 0.29) is 11.7 Å². The van der Waals surface area contributed by atoms with Gasteiger partial charge in [0.05, 0.1) is 29.6 Å². The maximum atomic E-state index is 13.0. The van der Waals surface area contributed by atoms with E-state index in [2.05, 4.69) is 15.5 Å². The molecule has 0 saturated heterocycles. The van der Waals surface area contributed by atoms with E-state index >= 15 is 0 Å². The highest BCUT2D eigenvalue weighted by Gasteiger charge is 2.22. The predicted octanol–water partition coefficient (Wildman–Crippen LogP) is 3.07. The average molecular weight is 339 g/mol. The van der Waals surface area contributed by atoms with Gasteiger partial charge >= 0.3 is 0 Å². The van der Waals surface area contributed by atoms with Gasteiger partial charge in [-0.1, -0.05) is 42.5 Å². The molecule has 1 aromatic heterocycles. The normalized spacial score (nSPS) is 13.2. The highest BCUT2D eigenvalue weighted by Crippen LogP contribution is 2.22. The van der Waals surface area contributed by atoms with E-state index in [1.807, 2.05) is 30.3 Å². The summed E-state index contributed by atoms with van der Waals surface area (Å²) in [5, 5.41) is 19.9. The van der Waals surface area contributed by atoms with Crippen LogP contribution in [0.2, 0.25) is 0 Å². The quantitative estimate of drug-likeness (QED) is 0.668. The van der Waals surface area contributed by atoms with Crippen molar-refractivity contribution in [3.05, 3.63) is 77.7 Å². The van der Waals surface area contributed by atoms with Crippen LogP contribution < -0.4 is 5.32 Å². The molecule has 2 atom stereocenters. The Labute approximate surface area is 144 Å². The zero-order chi connectivity index (χ0) is 17.8. The highest BCUT2D eigenvalue weighted by molar-refractivity contribution is 5.99. The van der Waals surface area contributed by atoms with Crippen LogP contribution in [0.1, 0.15) is 28.9 Å². The molecule has 0 fully saturated rings. The molecule has 1 amide bonds. The van der Waals surface area contributed by atoms with E-state index in [9.17, 15) is 14.3 Å². The zero-order valence-electron chi connectivity index (χ0n) is 13.6. The van der Waals surface area contributed by atoms with Gasteiger partial charge in [0, 0.05) is 5.56 Å². The summed E-state index contributed by atoms with van der Waals surface area (Å²) in [5.41, 5.74) is 2.38. The number of halogens is 1. The maximum absolute atomic E-state index is 13.0. The van der Waals surface area contributed by atoms with Crippen molar-refractivity contribution >= 4 is 5.91 Å². The summed E-state index contributed by atoms with van der Waals surface area (Å²) in [7, 11) is 0. The van der Waals surface area contributed by atoms with Crippen molar-refractivity contribution in [2.75, 3.05) is 0 Å². The van der Waals surface area contributed by atoms with Gasteiger partial charge < -0.3 is 10.4 Å². The molecule has 0 bridgehead atoms. The molecule has 6 heteroatoms. The molecule has 0 aliphatic rings. The third-order valence-electron chi connectivity index (χ3n) is 3.99. The Morgan fingerprint density at radius 3 is 2.52 bits per heavy atom. The molecule has 3 aromatic rings. The van der Waals surface area contributed by atoms with Crippen LogP contribution >= 0.6 is 0 Å². The number of carbonyl (C=O) groups excluding carboxylic acids is 1. The van der Waals surface area contributed by atoms with Crippen molar-refractivity contribution in [2.24, 2.45) is 0 Å². The number of benzene rings is 2. The topological polar surface area (TPSA) is 78.0 Å². The summed E-state index contributed by atoms with van der Waals surface area (Å²) < 4.78 is 13.0. The van der Waals surface area contributed by atoms with Crippen molar-refractivity contribution in [1.29, 1.82) is 0 Å². The molecular weight excluding hydrogens is 321 g/mol. The van der Waals surface area contributed by atoms with Gasteiger partial charge in [0.1, 0.15) is 5.82 Å². The molecule has 3 rings (SSSR count). The molecule has 0 spiro atoms. The number of aromatic nitrogens is 2. The van der Waals surface area contributed by atoms with Crippen LogP contribution in [-0.4, -0.2) is 27.3 Å². The number of nitrogens with one attached hydrogen (secondary N) is 2. The lowest BCUT2D eigenvalue weighted by Crippen LogP contribution is -2.37. The molecule has 0 aliphatic carbocycles. The van der Waals surface area contributed by atoms with Crippen molar-refractivity contribution in [3.63, 3.8) is 0 Å². The van der Waals surface area contributed by atoms with Crippen LogP contribution in [0, 0.1) is 5.82 Å². The van der Waals surface area contributed by atoms with E-state index in [0.29, 0.717) is 16.8 Å². The lowest BCUT2D eigenvalue weighted by Gasteiger charge is -2.20. The van der Waals surface area contributed by atoms with Crippen LogP contribution in [0.25, 0.3) is 11.3 Å². The van der Waals surface area contributed by atoms with Gasteiger partial charge in [-0.3, -0.25) is 9.89 Å². The first-order valence-corrected chi connectivity index (χ1v) is 7.89. The smallest absolute Gasteiger partial charge is 0.255 e. The van der Waals surface area contributed by atoms with Crippen molar-refractivity contribution in [1.82, 2.24) is 15.5 Å². The van der Waals surface area contributed by atoms with Crippen molar-refractivity contribution in [3.8, 4) is 11.3 Å². The number of aliphatic hydroxyl groups excluding tert-OH is 1. The Bertz CT molecular complexity index is 847. The SMILES string of the molecule is CC(NC(=O)c1cn[nH]c1-c1ccccc1)C(O)c1ccc(F)cc1. The van der Waals surface area contributed by atoms with E-state index in [4.69, 9.17) is 0 Å². The monoisotopic (exact) mass is 339 g/mol. The number of carbonyl (C=O) groups is 1.